The zero-order chi connectivity index (χ0) is 19.9. The summed E-state index contributed by atoms with van der Waals surface area (Å²) in [4.78, 5) is 21.7. The molecule has 0 saturated carbocycles. The van der Waals surface area contributed by atoms with E-state index >= 15 is 0 Å². The number of methoxy groups -OCH3 is 1. The van der Waals surface area contributed by atoms with Gasteiger partial charge in [0.1, 0.15) is 10.6 Å². The van der Waals surface area contributed by atoms with Crippen molar-refractivity contribution in [1.82, 2.24) is 10.0 Å². The molecule has 0 unspecified atom stereocenters. The Morgan fingerprint density at radius 2 is 1.85 bits per heavy atom. The molecule has 10 heteroatoms. The minimum Gasteiger partial charge on any atom is -0.495 e. The maximum atomic E-state index is 12.4. The van der Waals surface area contributed by atoms with E-state index in [0.29, 0.717) is 0 Å². The molecule has 2 aromatic carbocycles. The maximum absolute atomic E-state index is 12.4. The van der Waals surface area contributed by atoms with Gasteiger partial charge in [0.2, 0.25) is 15.9 Å². The Morgan fingerprint density at radius 1 is 1.15 bits per heavy atom. The molecular weight excluding hydrogens is 374 g/mol. The van der Waals surface area contributed by atoms with Crippen LogP contribution < -0.4 is 14.8 Å². The van der Waals surface area contributed by atoms with Crippen molar-refractivity contribution in [2.75, 3.05) is 20.2 Å². The number of hydrogen-bond acceptors (Lipinski definition) is 6. The molecule has 2 N–H and O–H groups in total. The second kappa shape index (κ2) is 9.10. The number of nitro benzene ring substituents is 1. The van der Waals surface area contributed by atoms with E-state index in [4.69, 9.17) is 4.74 Å². The summed E-state index contributed by atoms with van der Waals surface area (Å²) in [5, 5.41) is 13.5. The van der Waals surface area contributed by atoms with Gasteiger partial charge in [-0.05, 0) is 11.6 Å². The fourth-order valence-electron chi connectivity index (χ4n) is 2.30. The van der Waals surface area contributed by atoms with Gasteiger partial charge in [0.05, 0.1) is 18.5 Å². The van der Waals surface area contributed by atoms with Crippen molar-refractivity contribution in [2.24, 2.45) is 0 Å². The molecule has 2 aromatic rings. The number of sulfonamides is 1. The smallest absolute Gasteiger partial charge is 0.271 e. The molecule has 0 aliphatic heterocycles. The van der Waals surface area contributed by atoms with Crippen LogP contribution in [-0.4, -0.2) is 39.4 Å². The normalized spacial score (nSPS) is 11.0. The minimum atomic E-state index is -4.05. The van der Waals surface area contributed by atoms with E-state index in [1.165, 1.54) is 13.2 Å². The van der Waals surface area contributed by atoms with E-state index < -0.39 is 14.9 Å². The molecule has 0 radical (unpaired) electrons. The maximum Gasteiger partial charge on any atom is 0.271 e. The summed E-state index contributed by atoms with van der Waals surface area (Å²) in [5.41, 5.74) is 0.476. The second-order valence-electron chi connectivity index (χ2n) is 5.50. The molecule has 27 heavy (non-hydrogen) atoms. The Hall–Kier alpha value is -2.98. The number of hydrogen-bond donors (Lipinski definition) is 2. The van der Waals surface area contributed by atoms with Gasteiger partial charge < -0.3 is 10.1 Å². The summed E-state index contributed by atoms with van der Waals surface area (Å²) < 4.78 is 32.0. The van der Waals surface area contributed by atoms with Gasteiger partial charge in [-0.3, -0.25) is 14.9 Å². The molecule has 0 aromatic heterocycles. The van der Waals surface area contributed by atoms with Crippen LogP contribution in [0.1, 0.15) is 5.56 Å². The van der Waals surface area contributed by atoms with Gasteiger partial charge in [-0.15, -0.1) is 0 Å². The third kappa shape index (κ3) is 5.76. The Balaban J connectivity index is 1.94. The lowest BCUT2D eigenvalue weighted by Crippen LogP contribution is -2.35. The number of rotatable bonds is 9. The molecule has 144 valence electrons. The summed E-state index contributed by atoms with van der Waals surface area (Å²) in [7, 11) is -2.78. The van der Waals surface area contributed by atoms with Crippen molar-refractivity contribution < 1.29 is 22.9 Å². The largest absolute Gasteiger partial charge is 0.495 e. The summed E-state index contributed by atoms with van der Waals surface area (Å²) in [6.45, 7) is -0.00313. The van der Waals surface area contributed by atoms with Gasteiger partial charge >= 0.3 is 0 Å². The van der Waals surface area contributed by atoms with Crippen molar-refractivity contribution in [1.29, 1.82) is 0 Å². The molecule has 0 fully saturated rings. The number of carbonyl (C=O) groups is 1. The Labute approximate surface area is 156 Å². The van der Waals surface area contributed by atoms with Crippen LogP contribution in [0.25, 0.3) is 0 Å². The molecule has 0 atom stereocenters. The average Bonchev–Trinajstić information content (AvgIpc) is 2.65. The molecule has 9 nitrogen and oxygen atoms in total. The van der Waals surface area contributed by atoms with Crippen LogP contribution in [0.4, 0.5) is 5.69 Å². The predicted octanol–water partition coefficient (Wildman–Crippen LogP) is 1.24. The van der Waals surface area contributed by atoms with Crippen LogP contribution in [0.5, 0.6) is 5.75 Å². The van der Waals surface area contributed by atoms with Crippen molar-refractivity contribution in [3.63, 3.8) is 0 Å². The molecule has 0 heterocycles. The number of ether oxygens (including phenoxy) is 1. The fourth-order valence-corrected chi connectivity index (χ4v) is 3.52. The van der Waals surface area contributed by atoms with Crippen LogP contribution >= 0.6 is 0 Å². The van der Waals surface area contributed by atoms with E-state index in [0.717, 1.165) is 17.7 Å². The van der Waals surface area contributed by atoms with Gasteiger partial charge in [-0.25, -0.2) is 13.1 Å². The highest BCUT2D eigenvalue weighted by Gasteiger charge is 2.22. The highest BCUT2D eigenvalue weighted by atomic mass is 32.2. The highest BCUT2D eigenvalue weighted by Crippen LogP contribution is 2.27. The minimum absolute atomic E-state index is 0.0128. The van der Waals surface area contributed by atoms with Gasteiger partial charge in [0, 0.05) is 25.2 Å². The van der Waals surface area contributed by atoms with Crippen molar-refractivity contribution in [2.45, 2.75) is 11.3 Å². The Bertz CT molecular complexity index is 916. The Kier molecular flexibility index (Phi) is 6.85. The zero-order valence-corrected chi connectivity index (χ0v) is 15.4. The number of carbonyl (C=O) groups excluding carboxylic acids is 1. The van der Waals surface area contributed by atoms with E-state index in [2.05, 4.69) is 10.0 Å². The molecule has 0 spiro atoms. The predicted molar refractivity (Wildman–Crippen MR) is 98.0 cm³/mol. The SMILES string of the molecule is COc1ccc([N+](=O)[O-])cc1S(=O)(=O)NCCNC(=O)Cc1ccccc1. The van der Waals surface area contributed by atoms with Crippen LogP contribution in [-0.2, 0) is 21.2 Å². The monoisotopic (exact) mass is 393 g/mol. The lowest BCUT2D eigenvalue weighted by molar-refractivity contribution is -0.385. The Morgan fingerprint density at radius 3 is 2.48 bits per heavy atom. The quantitative estimate of drug-likeness (QED) is 0.375. The molecule has 0 bridgehead atoms. The highest BCUT2D eigenvalue weighted by molar-refractivity contribution is 7.89. The lowest BCUT2D eigenvalue weighted by Gasteiger charge is -2.11. The van der Waals surface area contributed by atoms with Gasteiger partial charge in [0.15, 0.2) is 0 Å². The first-order valence-electron chi connectivity index (χ1n) is 7.96. The van der Waals surface area contributed by atoms with Crippen molar-refractivity contribution in [3.8, 4) is 5.75 Å². The summed E-state index contributed by atoms with van der Waals surface area (Å²) in [6, 6.07) is 12.4. The first kappa shape index (κ1) is 20.3. The standard InChI is InChI=1S/C17H19N3O6S/c1-26-15-8-7-14(20(22)23)12-16(15)27(24,25)19-10-9-18-17(21)11-13-5-3-2-4-6-13/h2-8,12,19H,9-11H2,1H3,(H,18,21). The third-order valence-corrected chi connectivity index (χ3v) is 5.08. The number of nitrogens with one attached hydrogen (secondary N) is 2. The number of amides is 1. The van der Waals surface area contributed by atoms with Crippen molar-refractivity contribution in [3.05, 3.63) is 64.2 Å². The third-order valence-electron chi connectivity index (χ3n) is 3.59. The van der Waals surface area contributed by atoms with E-state index in [1.807, 2.05) is 30.3 Å². The second-order valence-corrected chi connectivity index (χ2v) is 7.24. The molecular formula is C17H19N3O6S. The average molecular weight is 393 g/mol. The van der Waals surface area contributed by atoms with Crippen LogP contribution in [0.2, 0.25) is 0 Å². The zero-order valence-electron chi connectivity index (χ0n) is 14.5. The first-order chi connectivity index (χ1) is 12.8. The molecule has 0 aliphatic rings. The lowest BCUT2D eigenvalue weighted by atomic mass is 10.1. The van der Waals surface area contributed by atoms with E-state index in [-0.39, 0.29) is 41.7 Å². The van der Waals surface area contributed by atoms with Crippen molar-refractivity contribution >= 4 is 21.6 Å². The summed E-state index contributed by atoms with van der Waals surface area (Å²) in [6.07, 6.45) is 0.187. The van der Waals surface area contributed by atoms with Gasteiger partial charge in [-0.2, -0.15) is 0 Å². The summed E-state index contributed by atoms with van der Waals surface area (Å²) in [5.74, 6) is -0.255. The number of nitro groups is 1. The fraction of sp³-hybridized carbons (Fsp3) is 0.235. The number of non-ortho nitro benzene ring substituents is 1. The molecule has 0 aliphatic carbocycles. The van der Waals surface area contributed by atoms with E-state index in [9.17, 15) is 23.3 Å². The number of benzene rings is 2. The van der Waals surface area contributed by atoms with Gasteiger partial charge in [0.25, 0.3) is 5.69 Å². The van der Waals surface area contributed by atoms with Crippen LogP contribution in [0.15, 0.2) is 53.4 Å². The molecule has 2 rings (SSSR count). The molecule has 1 amide bonds. The van der Waals surface area contributed by atoms with Gasteiger partial charge in [-0.1, -0.05) is 30.3 Å². The molecule has 0 saturated heterocycles. The first-order valence-corrected chi connectivity index (χ1v) is 9.44. The van der Waals surface area contributed by atoms with E-state index in [1.54, 1.807) is 0 Å². The summed E-state index contributed by atoms with van der Waals surface area (Å²) >= 11 is 0. The van der Waals surface area contributed by atoms with Crippen LogP contribution in [0.3, 0.4) is 0 Å². The number of nitrogens with zero attached hydrogens (tertiary/aromatic N) is 1. The topological polar surface area (TPSA) is 128 Å². The van der Waals surface area contributed by atoms with Crippen LogP contribution in [0, 0.1) is 10.1 Å².